The van der Waals surface area contributed by atoms with Gasteiger partial charge in [0.2, 0.25) is 5.91 Å². The van der Waals surface area contributed by atoms with Crippen LogP contribution in [0.5, 0.6) is 0 Å². The van der Waals surface area contributed by atoms with Crippen molar-refractivity contribution in [3.8, 4) is 5.69 Å². The molecule has 1 N–H and O–H groups in total. The number of thiophene rings is 1. The molecule has 0 aliphatic carbocycles. The number of nitrogens with one attached hydrogen (secondary N) is 1. The molecule has 0 spiro atoms. The van der Waals surface area contributed by atoms with Gasteiger partial charge in [-0.2, -0.15) is 5.10 Å². The number of hydrogen-bond donors (Lipinski definition) is 1. The molecule has 0 aliphatic heterocycles. The predicted molar refractivity (Wildman–Crippen MR) is 122 cm³/mol. The van der Waals surface area contributed by atoms with Crippen molar-refractivity contribution in [3.63, 3.8) is 0 Å². The van der Waals surface area contributed by atoms with E-state index in [1.807, 2.05) is 36.0 Å². The molecule has 154 valence electrons. The van der Waals surface area contributed by atoms with Crippen LogP contribution in [-0.4, -0.2) is 20.7 Å². The summed E-state index contributed by atoms with van der Waals surface area (Å²) in [5.74, 6) is 0.0642. The van der Waals surface area contributed by atoms with E-state index in [9.17, 15) is 4.79 Å². The summed E-state index contributed by atoms with van der Waals surface area (Å²) >= 11 is 1.65. The lowest BCUT2D eigenvalue weighted by Gasteiger charge is -2.12. The van der Waals surface area contributed by atoms with Crippen LogP contribution in [0.3, 0.4) is 0 Å². The van der Waals surface area contributed by atoms with E-state index in [-0.39, 0.29) is 5.91 Å². The van der Waals surface area contributed by atoms with Crippen molar-refractivity contribution in [3.05, 3.63) is 74.7 Å². The van der Waals surface area contributed by atoms with E-state index in [4.69, 9.17) is 10.1 Å². The number of fused-ring (bicyclic) bond motifs is 1. The average molecular weight is 419 g/mol. The molecule has 4 aromatic rings. The maximum atomic E-state index is 12.3. The lowest BCUT2D eigenvalue weighted by Crippen LogP contribution is -2.22. The highest BCUT2D eigenvalue weighted by Crippen LogP contribution is 2.28. The normalized spacial score (nSPS) is 11.2. The van der Waals surface area contributed by atoms with Gasteiger partial charge >= 0.3 is 0 Å². The fraction of sp³-hybridized carbons (Fsp3) is 0.292. The second-order valence-electron chi connectivity index (χ2n) is 7.69. The highest BCUT2D eigenvalue weighted by Gasteiger charge is 2.18. The molecular formula is C24H26N4OS. The van der Waals surface area contributed by atoms with Gasteiger partial charge in [0, 0.05) is 22.4 Å². The number of benzene rings is 1. The Hall–Kier alpha value is -2.99. The minimum absolute atomic E-state index is 0.0642. The van der Waals surface area contributed by atoms with Gasteiger partial charge in [-0.1, -0.05) is 23.8 Å². The zero-order chi connectivity index (χ0) is 21.3. The lowest BCUT2D eigenvalue weighted by atomic mass is 9.99. The summed E-state index contributed by atoms with van der Waals surface area (Å²) in [5, 5.41) is 10.9. The van der Waals surface area contributed by atoms with Crippen LogP contribution in [0.2, 0.25) is 0 Å². The van der Waals surface area contributed by atoms with Crippen LogP contribution in [0.25, 0.3) is 16.7 Å². The van der Waals surface area contributed by atoms with Crippen LogP contribution in [0.4, 0.5) is 0 Å². The Morgan fingerprint density at radius 3 is 2.53 bits per heavy atom. The first-order valence-electron chi connectivity index (χ1n) is 10.2. The van der Waals surface area contributed by atoms with Crippen molar-refractivity contribution in [2.75, 3.05) is 0 Å². The highest BCUT2D eigenvalue weighted by atomic mass is 32.1. The second kappa shape index (κ2) is 8.40. The molecule has 6 heteroatoms. The molecule has 0 fully saturated rings. The molecule has 0 unspecified atom stereocenters. The van der Waals surface area contributed by atoms with Gasteiger partial charge < -0.3 is 5.32 Å². The number of aromatic nitrogens is 3. The Labute approximate surface area is 180 Å². The van der Waals surface area contributed by atoms with E-state index in [2.05, 4.69) is 43.4 Å². The van der Waals surface area contributed by atoms with Crippen LogP contribution in [0, 0.1) is 27.7 Å². The van der Waals surface area contributed by atoms with Gasteiger partial charge in [-0.15, -0.1) is 11.3 Å². The van der Waals surface area contributed by atoms with Gasteiger partial charge in [0.25, 0.3) is 0 Å². The SMILES string of the molecule is Cc1ccc(-n2nc(C)c3c(C)c(CCC(=O)NCc4cccs4)c(C)nc32)cc1. The Bertz CT molecular complexity index is 1190. The van der Waals surface area contributed by atoms with E-state index >= 15 is 0 Å². The van der Waals surface area contributed by atoms with Crippen LogP contribution >= 0.6 is 11.3 Å². The van der Waals surface area contributed by atoms with Crippen LogP contribution in [0.15, 0.2) is 41.8 Å². The molecule has 0 aliphatic rings. The summed E-state index contributed by atoms with van der Waals surface area (Å²) < 4.78 is 1.92. The Kier molecular flexibility index (Phi) is 5.68. The minimum atomic E-state index is 0.0642. The van der Waals surface area contributed by atoms with Gasteiger partial charge in [0.1, 0.15) is 0 Å². The Morgan fingerprint density at radius 2 is 1.83 bits per heavy atom. The minimum Gasteiger partial charge on any atom is -0.351 e. The molecule has 0 saturated heterocycles. The average Bonchev–Trinajstić information content (AvgIpc) is 3.35. The topological polar surface area (TPSA) is 59.8 Å². The van der Waals surface area contributed by atoms with Gasteiger partial charge in [-0.05, 0) is 68.8 Å². The van der Waals surface area contributed by atoms with E-state index < -0.39 is 0 Å². The Morgan fingerprint density at radius 1 is 1.07 bits per heavy atom. The van der Waals surface area contributed by atoms with Crippen molar-refractivity contribution in [2.45, 2.75) is 47.1 Å². The van der Waals surface area contributed by atoms with E-state index in [1.165, 1.54) is 11.1 Å². The molecule has 30 heavy (non-hydrogen) atoms. The summed E-state index contributed by atoms with van der Waals surface area (Å²) in [6, 6.07) is 12.3. The first kappa shape index (κ1) is 20.3. The van der Waals surface area contributed by atoms with Crippen molar-refractivity contribution in [1.82, 2.24) is 20.1 Å². The molecule has 4 rings (SSSR count). The maximum absolute atomic E-state index is 12.3. The summed E-state index contributed by atoms with van der Waals surface area (Å²) in [4.78, 5) is 18.4. The van der Waals surface area contributed by atoms with Crippen LogP contribution < -0.4 is 5.32 Å². The van der Waals surface area contributed by atoms with E-state index in [0.29, 0.717) is 19.4 Å². The first-order valence-corrected chi connectivity index (χ1v) is 11.0. The quantitative estimate of drug-likeness (QED) is 0.481. The number of aryl methyl sites for hydroxylation is 4. The number of carbonyl (C=O) groups excluding carboxylic acids is 1. The van der Waals surface area contributed by atoms with Crippen molar-refractivity contribution in [2.24, 2.45) is 0 Å². The number of amides is 1. The molecule has 1 aromatic carbocycles. The first-order chi connectivity index (χ1) is 14.4. The predicted octanol–water partition coefficient (Wildman–Crippen LogP) is 4.96. The molecule has 3 heterocycles. The summed E-state index contributed by atoms with van der Waals surface area (Å²) in [7, 11) is 0. The third kappa shape index (κ3) is 4.00. The van der Waals surface area contributed by atoms with Crippen molar-refractivity contribution >= 4 is 28.3 Å². The smallest absolute Gasteiger partial charge is 0.220 e. The van der Waals surface area contributed by atoms with E-state index in [1.54, 1.807) is 11.3 Å². The molecule has 1 amide bonds. The van der Waals surface area contributed by atoms with Gasteiger partial charge in [-0.25, -0.2) is 9.67 Å². The fourth-order valence-electron chi connectivity index (χ4n) is 3.87. The Balaban J connectivity index is 1.58. The highest BCUT2D eigenvalue weighted by molar-refractivity contribution is 7.09. The molecule has 3 aromatic heterocycles. The molecule has 0 bridgehead atoms. The summed E-state index contributed by atoms with van der Waals surface area (Å²) in [5.41, 5.74) is 7.31. The van der Waals surface area contributed by atoms with E-state index in [0.717, 1.165) is 38.5 Å². The van der Waals surface area contributed by atoms with Crippen molar-refractivity contribution < 1.29 is 4.79 Å². The number of carbonyl (C=O) groups is 1. The van der Waals surface area contributed by atoms with Gasteiger partial charge in [-0.3, -0.25) is 4.79 Å². The summed E-state index contributed by atoms with van der Waals surface area (Å²) in [6.45, 7) is 8.82. The number of pyridine rings is 1. The molecule has 5 nitrogen and oxygen atoms in total. The van der Waals surface area contributed by atoms with Crippen molar-refractivity contribution in [1.29, 1.82) is 0 Å². The van der Waals surface area contributed by atoms with Crippen LogP contribution in [0.1, 0.15) is 39.4 Å². The summed E-state index contributed by atoms with van der Waals surface area (Å²) in [6.07, 6.45) is 1.12. The number of hydrogen-bond acceptors (Lipinski definition) is 4. The maximum Gasteiger partial charge on any atom is 0.220 e. The van der Waals surface area contributed by atoms with Crippen LogP contribution in [-0.2, 0) is 17.8 Å². The largest absolute Gasteiger partial charge is 0.351 e. The molecule has 0 saturated carbocycles. The third-order valence-corrected chi connectivity index (χ3v) is 6.37. The molecular weight excluding hydrogens is 392 g/mol. The molecule has 0 radical (unpaired) electrons. The number of nitrogens with zero attached hydrogens (tertiary/aromatic N) is 3. The lowest BCUT2D eigenvalue weighted by molar-refractivity contribution is -0.121. The number of rotatable bonds is 6. The van der Waals surface area contributed by atoms with Gasteiger partial charge in [0.05, 0.1) is 17.9 Å². The standard InChI is InChI=1S/C24H26N4OS/c1-15-7-9-19(10-8-15)28-24-23(18(4)27-28)16(2)21(17(3)26-24)11-12-22(29)25-14-20-6-5-13-30-20/h5-10,13H,11-12,14H2,1-4H3,(H,25,29). The second-order valence-corrected chi connectivity index (χ2v) is 8.72. The zero-order valence-electron chi connectivity index (χ0n) is 17.8. The molecule has 0 atom stereocenters. The zero-order valence-corrected chi connectivity index (χ0v) is 18.6. The van der Waals surface area contributed by atoms with Gasteiger partial charge in [0.15, 0.2) is 5.65 Å². The fourth-order valence-corrected chi connectivity index (χ4v) is 4.51. The third-order valence-electron chi connectivity index (χ3n) is 5.49. The monoisotopic (exact) mass is 418 g/mol.